The van der Waals surface area contributed by atoms with E-state index in [1.165, 1.54) is 58.4 Å². The van der Waals surface area contributed by atoms with Gasteiger partial charge in [-0.1, -0.05) is 0 Å². The van der Waals surface area contributed by atoms with Crippen LogP contribution in [-0.4, -0.2) is 74.7 Å². The zero-order valence-corrected chi connectivity index (χ0v) is 13.2. The molecule has 5 nitrogen and oxygen atoms in total. The van der Waals surface area contributed by atoms with Gasteiger partial charge in [-0.15, -0.1) is 0 Å². The molecule has 1 amide bonds. The molecule has 21 heavy (non-hydrogen) atoms. The summed E-state index contributed by atoms with van der Waals surface area (Å²) in [6, 6.07) is 0.541. The average Bonchev–Trinajstić information content (AvgIpc) is 2.99. The molecule has 4 saturated heterocycles. The van der Waals surface area contributed by atoms with E-state index in [1.54, 1.807) is 7.11 Å². The minimum atomic E-state index is 0.00811. The number of methoxy groups -OCH3 is 1. The maximum absolute atomic E-state index is 11.5. The number of piperidine rings is 3. The number of carbonyl (C=O) groups is 1. The molecule has 0 aromatic heterocycles. The quantitative estimate of drug-likeness (QED) is 0.777. The number of ether oxygens (including phenoxy) is 1. The van der Waals surface area contributed by atoms with Crippen LogP contribution in [0.5, 0.6) is 0 Å². The molecule has 4 atom stereocenters. The monoisotopic (exact) mass is 295 g/mol. The molecule has 0 aromatic rings. The molecule has 4 aliphatic rings. The fraction of sp³-hybridized carbons (Fsp3) is 0.938. The van der Waals surface area contributed by atoms with Gasteiger partial charge in [0.2, 0.25) is 5.91 Å². The summed E-state index contributed by atoms with van der Waals surface area (Å²) in [7, 11) is 1.56. The lowest BCUT2D eigenvalue weighted by molar-refractivity contribution is -0.125. The van der Waals surface area contributed by atoms with Crippen LogP contribution in [0.25, 0.3) is 0 Å². The molecule has 1 N–H and O–H groups in total. The normalized spacial score (nSPS) is 36.0. The Kier molecular flexibility index (Phi) is 5.14. The van der Waals surface area contributed by atoms with Crippen LogP contribution in [0, 0.1) is 11.8 Å². The third-order valence-corrected chi connectivity index (χ3v) is 5.52. The Bertz CT molecular complexity index is 357. The standard InChI is InChI=1S/C16H29N3O2/c1-21-12-16(20)17-9-15-8-13-4-7-19(15)11-14(13)10-18-5-2-3-6-18/h13-15H,2-12H2,1H3,(H,17,20). The van der Waals surface area contributed by atoms with Crippen LogP contribution in [0.4, 0.5) is 0 Å². The molecule has 0 aromatic carbocycles. The van der Waals surface area contributed by atoms with Gasteiger partial charge >= 0.3 is 0 Å². The summed E-state index contributed by atoms with van der Waals surface area (Å²) in [5.74, 6) is 1.72. The molecule has 4 fully saturated rings. The van der Waals surface area contributed by atoms with Crippen molar-refractivity contribution in [3.05, 3.63) is 0 Å². The van der Waals surface area contributed by atoms with Crippen molar-refractivity contribution in [1.82, 2.24) is 15.1 Å². The van der Waals surface area contributed by atoms with Gasteiger partial charge in [-0.05, 0) is 57.2 Å². The number of fused-ring (bicyclic) bond motifs is 3. The van der Waals surface area contributed by atoms with Gasteiger partial charge in [0.15, 0.2) is 0 Å². The smallest absolute Gasteiger partial charge is 0.246 e. The molecule has 4 unspecified atom stereocenters. The molecule has 4 aliphatic heterocycles. The molecular weight excluding hydrogens is 266 g/mol. The van der Waals surface area contributed by atoms with Crippen LogP contribution in [0.3, 0.4) is 0 Å². The summed E-state index contributed by atoms with van der Waals surface area (Å²) in [5, 5.41) is 3.01. The number of likely N-dealkylation sites (tertiary alicyclic amines) is 1. The fourth-order valence-electron chi connectivity index (χ4n) is 4.38. The topological polar surface area (TPSA) is 44.8 Å². The third kappa shape index (κ3) is 3.76. The van der Waals surface area contributed by atoms with E-state index < -0.39 is 0 Å². The molecule has 0 radical (unpaired) electrons. The van der Waals surface area contributed by atoms with Gasteiger partial charge in [0.1, 0.15) is 6.61 Å². The molecule has 0 spiro atoms. The largest absolute Gasteiger partial charge is 0.375 e. The van der Waals surface area contributed by atoms with Crippen molar-refractivity contribution in [3.63, 3.8) is 0 Å². The van der Waals surface area contributed by atoms with Gasteiger partial charge < -0.3 is 15.0 Å². The average molecular weight is 295 g/mol. The lowest BCUT2D eigenvalue weighted by Crippen LogP contribution is -2.58. The Labute approximate surface area is 128 Å². The van der Waals surface area contributed by atoms with Crippen molar-refractivity contribution >= 4 is 5.91 Å². The molecule has 2 bridgehead atoms. The van der Waals surface area contributed by atoms with E-state index in [0.29, 0.717) is 6.04 Å². The summed E-state index contributed by atoms with van der Waals surface area (Å²) in [6.45, 7) is 7.31. The van der Waals surface area contributed by atoms with Crippen molar-refractivity contribution in [2.45, 2.75) is 31.7 Å². The zero-order valence-electron chi connectivity index (χ0n) is 13.2. The Hall–Kier alpha value is -0.650. The maximum Gasteiger partial charge on any atom is 0.246 e. The van der Waals surface area contributed by atoms with Crippen molar-refractivity contribution in [3.8, 4) is 0 Å². The van der Waals surface area contributed by atoms with Crippen LogP contribution in [0.15, 0.2) is 0 Å². The summed E-state index contributed by atoms with van der Waals surface area (Å²) >= 11 is 0. The third-order valence-electron chi connectivity index (χ3n) is 5.52. The first-order chi connectivity index (χ1) is 10.3. The number of nitrogens with one attached hydrogen (secondary N) is 1. The van der Waals surface area contributed by atoms with Gasteiger partial charge in [-0.2, -0.15) is 0 Å². The van der Waals surface area contributed by atoms with Gasteiger partial charge in [-0.25, -0.2) is 0 Å². The van der Waals surface area contributed by atoms with E-state index >= 15 is 0 Å². The molecular formula is C16H29N3O2. The fourth-order valence-corrected chi connectivity index (χ4v) is 4.38. The minimum Gasteiger partial charge on any atom is -0.375 e. The Morgan fingerprint density at radius 2 is 2.10 bits per heavy atom. The SMILES string of the molecule is COCC(=O)NCC1CC2CCN1CC2CN1CCCC1. The molecule has 5 heteroatoms. The van der Waals surface area contributed by atoms with Crippen molar-refractivity contribution in [2.75, 3.05) is 53.0 Å². The van der Waals surface area contributed by atoms with E-state index in [9.17, 15) is 4.79 Å². The second kappa shape index (κ2) is 7.07. The Balaban J connectivity index is 1.46. The lowest BCUT2D eigenvalue weighted by atomic mass is 9.75. The van der Waals surface area contributed by atoms with Crippen LogP contribution in [0.1, 0.15) is 25.7 Å². The van der Waals surface area contributed by atoms with Crippen molar-refractivity contribution in [2.24, 2.45) is 11.8 Å². The van der Waals surface area contributed by atoms with Gasteiger partial charge in [0.25, 0.3) is 0 Å². The second-order valence-corrected chi connectivity index (χ2v) is 6.94. The van der Waals surface area contributed by atoms with E-state index in [-0.39, 0.29) is 12.5 Å². The highest BCUT2D eigenvalue weighted by atomic mass is 16.5. The van der Waals surface area contributed by atoms with Crippen LogP contribution >= 0.6 is 0 Å². The summed E-state index contributed by atoms with van der Waals surface area (Å²) in [4.78, 5) is 16.8. The van der Waals surface area contributed by atoms with Gasteiger partial charge in [0.05, 0.1) is 0 Å². The van der Waals surface area contributed by atoms with E-state index in [0.717, 1.165) is 18.4 Å². The first kappa shape index (κ1) is 15.3. The highest BCUT2D eigenvalue weighted by Gasteiger charge is 2.40. The molecule has 4 heterocycles. The molecule has 0 saturated carbocycles. The van der Waals surface area contributed by atoms with Gasteiger partial charge in [0, 0.05) is 32.8 Å². The highest BCUT2D eigenvalue weighted by Crippen LogP contribution is 2.36. The van der Waals surface area contributed by atoms with Gasteiger partial charge in [-0.3, -0.25) is 9.69 Å². The molecule has 0 aliphatic carbocycles. The van der Waals surface area contributed by atoms with Crippen molar-refractivity contribution in [1.29, 1.82) is 0 Å². The first-order valence-corrected chi connectivity index (χ1v) is 8.48. The molecule has 4 rings (SSSR count). The zero-order chi connectivity index (χ0) is 14.7. The molecule has 120 valence electrons. The van der Waals surface area contributed by atoms with E-state index in [1.807, 2.05) is 0 Å². The van der Waals surface area contributed by atoms with E-state index in [2.05, 4.69) is 15.1 Å². The highest BCUT2D eigenvalue weighted by molar-refractivity contribution is 5.77. The Morgan fingerprint density at radius 3 is 2.76 bits per heavy atom. The van der Waals surface area contributed by atoms with E-state index in [4.69, 9.17) is 4.74 Å². The lowest BCUT2D eigenvalue weighted by Gasteiger charge is -2.50. The number of carbonyl (C=O) groups excluding carboxylic acids is 1. The maximum atomic E-state index is 11.5. The predicted molar refractivity (Wildman–Crippen MR) is 82.1 cm³/mol. The first-order valence-electron chi connectivity index (χ1n) is 8.48. The second-order valence-electron chi connectivity index (χ2n) is 6.94. The number of hydrogen-bond donors (Lipinski definition) is 1. The van der Waals surface area contributed by atoms with Crippen LogP contribution in [-0.2, 0) is 9.53 Å². The Morgan fingerprint density at radius 1 is 1.29 bits per heavy atom. The predicted octanol–water partition coefficient (Wildman–Crippen LogP) is 0.555. The number of hydrogen-bond acceptors (Lipinski definition) is 4. The minimum absolute atomic E-state index is 0.00811. The number of amides is 1. The van der Waals surface area contributed by atoms with Crippen LogP contribution in [0.2, 0.25) is 0 Å². The summed E-state index contributed by atoms with van der Waals surface area (Å²) < 4.78 is 4.87. The summed E-state index contributed by atoms with van der Waals surface area (Å²) in [6.07, 6.45) is 5.37. The van der Waals surface area contributed by atoms with Crippen molar-refractivity contribution < 1.29 is 9.53 Å². The number of nitrogens with zero attached hydrogens (tertiary/aromatic N) is 2. The summed E-state index contributed by atoms with van der Waals surface area (Å²) in [5.41, 5.74) is 0. The van der Waals surface area contributed by atoms with Crippen LogP contribution < -0.4 is 5.32 Å². The number of rotatable bonds is 6.